The fraction of sp³-hybridized carbons (Fsp3) is 0.357. The number of anilines is 1. The van der Waals surface area contributed by atoms with Gasteiger partial charge in [0.25, 0.3) is 0 Å². The standard InChI is InChI=1S/C14H15N5O2/c20-14(16-10-4-2-1-3-5-10)18-7-12-13(8-18)21-9-11-6-15-17-19(11)12/h1-6,12-13H,7-9H2,(H,16,20)/t12-,13-/m1/s1. The fourth-order valence-corrected chi connectivity index (χ4v) is 2.89. The number of carbonyl (C=O) groups is 1. The van der Waals surface area contributed by atoms with Crippen molar-refractivity contribution in [3.63, 3.8) is 0 Å². The van der Waals surface area contributed by atoms with Gasteiger partial charge in [-0.1, -0.05) is 23.4 Å². The number of likely N-dealkylation sites (tertiary alicyclic amines) is 1. The Morgan fingerprint density at radius 2 is 2.14 bits per heavy atom. The van der Waals surface area contributed by atoms with Gasteiger partial charge in [0.15, 0.2) is 0 Å². The van der Waals surface area contributed by atoms with Crippen LogP contribution in [0.5, 0.6) is 0 Å². The number of nitrogens with zero attached hydrogens (tertiary/aromatic N) is 4. The molecule has 7 heteroatoms. The Balaban J connectivity index is 1.48. The zero-order valence-electron chi connectivity index (χ0n) is 11.3. The van der Waals surface area contributed by atoms with E-state index in [-0.39, 0.29) is 18.2 Å². The molecule has 0 spiro atoms. The molecule has 2 aliphatic heterocycles. The molecule has 0 aliphatic carbocycles. The van der Waals surface area contributed by atoms with E-state index >= 15 is 0 Å². The van der Waals surface area contributed by atoms with Gasteiger partial charge in [0.1, 0.15) is 0 Å². The zero-order valence-corrected chi connectivity index (χ0v) is 11.3. The molecule has 3 heterocycles. The number of para-hydroxylation sites is 1. The van der Waals surface area contributed by atoms with Crippen LogP contribution in [0.3, 0.4) is 0 Å². The molecular formula is C14H15N5O2. The van der Waals surface area contributed by atoms with Gasteiger partial charge in [-0.2, -0.15) is 0 Å². The summed E-state index contributed by atoms with van der Waals surface area (Å²) >= 11 is 0. The number of carbonyl (C=O) groups excluding carboxylic acids is 1. The average Bonchev–Trinajstić information content (AvgIpc) is 3.14. The third kappa shape index (κ3) is 2.15. The van der Waals surface area contributed by atoms with E-state index in [0.717, 1.165) is 11.4 Å². The Labute approximate surface area is 121 Å². The van der Waals surface area contributed by atoms with Crippen LogP contribution in [-0.2, 0) is 11.3 Å². The van der Waals surface area contributed by atoms with Crippen LogP contribution in [0.2, 0.25) is 0 Å². The Kier molecular flexibility index (Phi) is 2.85. The number of hydrogen-bond acceptors (Lipinski definition) is 4. The molecule has 2 amide bonds. The number of hydrogen-bond donors (Lipinski definition) is 1. The second-order valence-corrected chi connectivity index (χ2v) is 5.29. The molecule has 0 saturated carbocycles. The van der Waals surface area contributed by atoms with Crippen molar-refractivity contribution in [3.05, 3.63) is 42.2 Å². The molecule has 1 N–H and O–H groups in total. The lowest BCUT2D eigenvalue weighted by Crippen LogP contribution is -2.34. The number of ether oxygens (including phenoxy) is 1. The van der Waals surface area contributed by atoms with Crippen molar-refractivity contribution in [1.82, 2.24) is 19.9 Å². The molecule has 0 radical (unpaired) electrons. The molecule has 0 bridgehead atoms. The van der Waals surface area contributed by atoms with Crippen molar-refractivity contribution in [1.29, 1.82) is 0 Å². The first-order chi connectivity index (χ1) is 10.3. The van der Waals surface area contributed by atoms with Crippen LogP contribution in [-0.4, -0.2) is 45.1 Å². The van der Waals surface area contributed by atoms with Gasteiger partial charge in [0, 0.05) is 12.2 Å². The SMILES string of the molecule is O=C(Nc1ccccc1)N1C[C@@H]2[C@@H](C1)OCc1cnnn12. The number of rotatable bonds is 1. The lowest BCUT2D eigenvalue weighted by molar-refractivity contribution is -0.00433. The minimum absolute atomic E-state index is 0.0132. The highest BCUT2D eigenvalue weighted by atomic mass is 16.5. The van der Waals surface area contributed by atoms with Crippen LogP contribution < -0.4 is 5.32 Å². The molecule has 0 unspecified atom stereocenters. The molecule has 1 fully saturated rings. The molecule has 1 aromatic carbocycles. The smallest absolute Gasteiger partial charge is 0.322 e. The van der Waals surface area contributed by atoms with Crippen LogP contribution in [0.1, 0.15) is 11.7 Å². The van der Waals surface area contributed by atoms with Crippen LogP contribution in [0.15, 0.2) is 36.5 Å². The van der Waals surface area contributed by atoms with Crippen LogP contribution in [0.25, 0.3) is 0 Å². The summed E-state index contributed by atoms with van der Waals surface area (Å²) in [6.45, 7) is 1.66. The van der Waals surface area contributed by atoms with E-state index in [9.17, 15) is 4.79 Å². The van der Waals surface area contributed by atoms with E-state index in [1.807, 2.05) is 35.0 Å². The largest absolute Gasteiger partial charge is 0.368 e. The van der Waals surface area contributed by atoms with E-state index in [1.165, 1.54) is 0 Å². The Morgan fingerprint density at radius 1 is 1.29 bits per heavy atom. The van der Waals surface area contributed by atoms with Gasteiger partial charge in [-0.05, 0) is 12.1 Å². The van der Waals surface area contributed by atoms with Crippen LogP contribution in [0.4, 0.5) is 10.5 Å². The third-order valence-electron chi connectivity index (χ3n) is 3.96. The van der Waals surface area contributed by atoms with Gasteiger partial charge in [0.05, 0.1) is 37.2 Å². The summed E-state index contributed by atoms with van der Waals surface area (Å²) in [6, 6.07) is 9.38. The van der Waals surface area contributed by atoms with Crippen molar-refractivity contribution in [3.8, 4) is 0 Å². The topological polar surface area (TPSA) is 72.3 Å². The molecule has 2 aliphatic rings. The average molecular weight is 285 g/mol. The second-order valence-electron chi connectivity index (χ2n) is 5.29. The predicted molar refractivity (Wildman–Crippen MR) is 74.7 cm³/mol. The van der Waals surface area contributed by atoms with E-state index in [2.05, 4.69) is 15.6 Å². The molecule has 2 aromatic rings. The minimum atomic E-state index is -0.110. The third-order valence-corrected chi connectivity index (χ3v) is 3.96. The quantitative estimate of drug-likeness (QED) is 0.856. The van der Waals surface area contributed by atoms with Crippen molar-refractivity contribution >= 4 is 11.7 Å². The van der Waals surface area contributed by atoms with Crippen LogP contribution in [0, 0.1) is 0 Å². The molecule has 108 valence electrons. The van der Waals surface area contributed by atoms with Crippen molar-refractivity contribution in [2.75, 3.05) is 18.4 Å². The van der Waals surface area contributed by atoms with Crippen molar-refractivity contribution in [2.24, 2.45) is 0 Å². The second kappa shape index (κ2) is 4.85. The normalized spacial score (nSPS) is 23.5. The Hall–Kier alpha value is -2.41. The zero-order chi connectivity index (χ0) is 14.2. The summed E-state index contributed by atoms with van der Waals surface area (Å²) in [4.78, 5) is 14.1. The lowest BCUT2D eigenvalue weighted by Gasteiger charge is -2.25. The van der Waals surface area contributed by atoms with Gasteiger partial charge in [0.2, 0.25) is 0 Å². The molecule has 4 rings (SSSR count). The van der Waals surface area contributed by atoms with Gasteiger partial charge in [-0.15, -0.1) is 5.10 Å². The van der Waals surface area contributed by atoms with Gasteiger partial charge in [-0.3, -0.25) is 0 Å². The monoisotopic (exact) mass is 285 g/mol. The van der Waals surface area contributed by atoms with Gasteiger partial charge < -0.3 is 15.0 Å². The highest BCUT2D eigenvalue weighted by Crippen LogP contribution is 2.30. The van der Waals surface area contributed by atoms with E-state index in [4.69, 9.17) is 4.74 Å². The van der Waals surface area contributed by atoms with Crippen molar-refractivity contribution < 1.29 is 9.53 Å². The number of aromatic nitrogens is 3. The Morgan fingerprint density at radius 3 is 3.00 bits per heavy atom. The maximum atomic E-state index is 12.3. The lowest BCUT2D eigenvalue weighted by atomic mass is 10.2. The maximum Gasteiger partial charge on any atom is 0.322 e. The van der Waals surface area contributed by atoms with Crippen molar-refractivity contribution in [2.45, 2.75) is 18.8 Å². The van der Waals surface area contributed by atoms with E-state index in [1.54, 1.807) is 11.1 Å². The first kappa shape index (κ1) is 12.3. The molecule has 21 heavy (non-hydrogen) atoms. The summed E-state index contributed by atoms with van der Waals surface area (Å²) < 4.78 is 7.67. The number of benzene rings is 1. The molecule has 2 atom stereocenters. The summed E-state index contributed by atoms with van der Waals surface area (Å²) in [7, 11) is 0. The highest BCUT2D eigenvalue weighted by molar-refractivity contribution is 5.89. The first-order valence-corrected chi connectivity index (χ1v) is 6.93. The summed E-state index contributed by atoms with van der Waals surface area (Å²) in [6.07, 6.45) is 1.70. The first-order valence-electron chi connectivity index (χ1n) is 6.93. The summed E-state index contributed by atoms with van der Waals surface area (Å²) in [5.41, 5.74) is 1.75. The fourth-order valence-electron chi connectivity index (χ4n) is 2.89. The summed E-state index contributed by atoms with van der Waals surface area (Å²) in [5, 5.41) is 10.9. The number of amides is 2. The van der Waals surface area contributed by atoms with Crippen LogP contribution >= 0.6 is 0 Å². The van der Waals surface area contributed by atoms with E-state index in [0.29, 0.717) is 19.7 Å². The highest BCUT2D eigenvalue weighted by Gasteiger charge is 2.41. The predicted octanol–water partition coefficient (Wildman–Crippen LogP) is 1.27. The maximum absolute atomic E-state index is 12.3. The molecule has 1 saturated heterocycles. The van der Waals surface area contributed by atoms with E-state index < -0.39 is 0 Å². The van der Waals surface area contributed by atoms with Gasteiger partial charge in [-0.25, -0.2) is 9.48 Å². The molecule has 1 aromatic heterocycles. The number of fused-ring (bicyclic) bond motifs is 3. The minimum Gasteiger partial charge on any atom is -0.368 e. The number of nitrogens with one attached hydrogen (secondary N) is 1. The number of urea groups is 1. The Bertz CT molecular complexity index is 656. The molecular weight excluding hydrogens is 270 g/mol. The van der Waals surface area contributed by atoms with Gasteiger partial charge >= 0.3 is 6.03 Å². The molecule has 7 nitrogen and oxygen atoms in total. The summed E-state index contributed by atoms with van der Waals surface area (Å²) in [5.74, 6) is 0.